The minimum Gasteiger partial charge on any atom is -0.492 e. The van der Waals surface area contributed by atoms with Gasteiger partial charge in [0.15, 0.2) is 6.29 Å². The van der Waals surface area contributed by atoms with Gasteiger partial charge in [-0.25, -0.2) is 0 Å². The minimum atomic E-state index is 0.661. The summed E-state index contributed by atoms with van der Waals surface area (Å²) >= 11 is 0. The summed E-state index contributed by atoms with van der Waals surface area (Å²) in [5, 5.41) is 0. The Kier molecular flexibility index (Phi) is 3.05. The lowest BCUT2D eigenvalue weighted by Crippen LogP contribution is -2.19. The van der Waals surface area contributed by atoms with Gasteiger partial charge in [-0.05, 0) is 37.3 Å². The highest BCUT2D eigenvalue weighted by Gasteiger charge is 2.18. The van der Waals surface area contributed by atoms with Gasteiger partial charge >= 0.3 is 0 Å². The van der Waals surface area contributed by atoms with Crippen molar-refractivity contribution in [1.29, 1.82) is 0 Å². The number of para-hydroxylation sites is 1. The van der Waals surface area contributed by atoms with Crippen molar-refractivity contribution in [1.82, 2.24) is 0 Å². The van der Waals surface area contributed by atoms with Crippen molar-refractivity contribution in [2.24, 2.45) is 5.92 Å². The number of hydrogen-bond acceptors (Lipinski definition) is 2. The Hall–Kier alpha value is -1.31. The van der Waals surface area contributed by atoms with Crippen molar-refractivity contribution >= 4 is 6.29 Å². The smallest absolute Gasteiger partial charge is 0.153 e. The van der Waals surface area contributed by atoms with Crippen LogP contribution >= 0.6 is 0 Å². The van der Waals surface area contributed by atoms with Crippen LogP contribution in [0.3, 0.4) is 0 Å². The molecule has 0 unspecified atom stereocenters. The van der Waals surface area contributed by atoms with E-state index in [0.29, 0.717) is 11.5 Å². The van der Waals surface area contributed by atoms with E-state index >= 15 is 0 Å². The van der Waals surface area contributed by atoms with Crippen molar-refractivity contribution in [2.75, 3.05) is 6.61 Å². The number of hydrogen-bond donors (Lipinski definition) is 0. The molecular weight excluding hydrogens is 188 g/mol. The van der Waals surface area contributed by atoms with Gasteiger partial charge in [-0.1, -0.05) is 18.6 Å². The maximum atomic E-state index is 10.8. The van der Waals surface area contributed by atoms with Crippen LogP contribution in [0.25, 0.3) is 0 Å². The SMILES string of the molecule is Cc1cccc(C=O)c1OCC1CCC1. The van der Waals surface area contributed by atoms with Gasteiger partial charge in [0, 0.05) is 0 Å². The summed E-state index contributed by atoms with van der Waals surface area (Å²) in [6.45, 7) is 2.73. The molecule has 0 N–H and O–H groups in total. The summed E-state index contributed by atoms with van der Waals surface area (Å²) in [6.07, 6.45) is 4.72. The van der Waals surface area contributed by atoms with Crippen molar-refractivity contribution in [2.45, 2.75) is 26.2 Å². The first kappa shape index (κ1) is 10.2. The highest BCUT2D eigenvalue weighted by Crippen LogP contribution is 2.29. The third-order valence-electron chi connectivity index (χ3n) is 3.06. The lowest BCUT2D eigenvalue weighted by Gasteiger charge is -2.25. The maximum absolute atomic E-state index is 10.8. The second-order valence-corrected chi connectivity index (χ2v) is 4.22. The number of benzene rings is 1. The largest absolute Gasteiger partial charge is 0.492 e. The van der Waals surface area contributed by atoms with Gasteiger partial charge in [0.25, 0.3) is 0 Å². The molecular formula is C13H16O2. The van der Waals surface area contributed by atoms with Gasteiger partial charge < -0.3 is 4.74 Å². The third kappa shape index (κ3) is 2.20. The standard InChI is InChI=1S/C13H16O2/c1-10-4-2-7-12(8-14)13(10)15-9-11-5-3-6-11/h2,4,7-8,11H,3,5-6,9H2,1H3. The number of ether oxygens (including phenoxy) is 1. The summed E-state index contributed by atoms with van der Waals surface area (Å²) in [5.41, 5.74) is 1.70. The van der Waals surface area contributed by atoms with Crippen molar-refractivity contribution in [3.8, 4) is 5.75 Å². The van der Waals surface area contributed by atoms with E-state index in [9.17, 15) is 4.79 Å². The molecule has 2 heteroatoms. The fourth-order valence-corrected chi connectivity index (χ4v) is 1.83. The summed E-state index contributed by atoms with van der Waals surface area (Å²) < 4.78 is 5.73. The van der Waals surface area contributed by atoms with Crippen LogP contribution in [-0.2, 0) is 0 Å². The quantitative estimate of drug-likeness (QED) is 0.705. The van der Waals surface area contributed by atoms with E-state index in [1.807, 2.05) is 19.1 Å². The Morgan fingerprint density at radius 2 is 2.27 bits per heavy atom. The number of carbonyl (C=O) groups is 1. The van der Waals surface area contributed by atoms with Crippen LogP contribution in [-0.4, -0.2) is 12.9 Å². The van der Waals surface area contributed by atoms with Crippen molar-refractivity contribution in [3.63, 3.8) is 0 Å². The second-order valence-electron chi connectivity index (χ2n) is 4.22. The highest BCUT2D eigenvalue weighted by molar-refractivity contribution is 5.80. The molecule has 0 amide bonds. The monoisotopic (exact) mass is 204 g/mol. The Morgan fingerprint density at radius 1 is 1.47 bits per heavy atom. The lowest BCUT2D eigenvalue weighted by molar-refractivity contribution is 0.111. The third-order valence-corrected chi connectivity index (χ3v) is 3.06. The number of aryl methyl sites for hydroxylation is 1. The first-order chi connectivity index (χ1) is 7.31. The predicted molar refractivity (Wildman–Crippen MR) is 59.4 cm³/mol. The zero-order valence-electron chi connectivity index (χ0n) is 9.03. The van der Waals surface area contributed by atoms with Gasteiger partial charge in [-0.15, -0.1) is 0 Å². The minimum absolute atomic E-state index is 0.661. The fraction of sp³-hybridized carbons (Fsp3) is 0.462. The van der Waals surface area contributed by atoms with Gasteiger partial charge in [0.1, 0.15) is 5.75 Å². The van der Waals surface area contributed by atoms with E-state index in [1.54, 1.807) is 6.07 Å². The van der Waals surface area contributed by atoms with E-state index < -0.39 is 0 Å². The van der Waals surface area contributed by atoms with Crippen molar-refractivity contribution in [3.05, 3.63) is 29.3 Å². The first-order valence-electron chi connectivity index (χ1n) is 5.49. The molecule has 1 aromatic carbocycles. The lowest BCUT2D eigenvalue weighted by atomic mass is 9.86. The average molecular weight is 204 g/mol. The summed E-state index contributed by atoms with van der Waals surface area (Å²) in [7, 11) is 0. The molecule has 2 nitrogen and oxygen atoms in total. The van der Waals surface area contributed by atoms with Crippen LogP contribution < -0.4 is 4.74 Å². The second kappa shape index (κ2) is 4.47. The number of rotatable bonds is 4. The molecule has 15 heavy (non-hydrogen) atoms. The maximum Gasteiger partial charge on any atom is 0.153 e. The highest BCUT2D eigenvalue weighted by atomic mass is 16.5. The molecule has 0 heterocycles. The van der Waals surface area contributed by atoms with E-state index in [4.69, 9.17) is 4.74 Å². The molecule has 0 saturated heterocycles. The summed E-state index contributed by atoms with van der Waals surface area (Å²) in [6, 6.07) is 5.66. The normalized spacial score (nSPS) is 15.8. The van der Waals surface area contributed by atoms with E-state index in [2.05, 4.69) is 0 Å². The predicted octanol–water partition coefficient (Wildman–Crippen LogP) is 2.99. The molecule has 0 aromatic heterocycles. The summed E-state index contributed by atoms with van der Waals surface area (Å²) in [5.74, 6) is 1.46. The fourth-order valence-electron chi connectivity index (χ4n) is 1.83. The summed E-state index contributed by atoms with van der Waals surface area (Å²) in [4.78, 5) is 10.8. The number of aldehydes is 1. The molecule has 80 valence electrons. The van der Waals surface area contributed by atoms with E-state index in [-0.39, 0.29) is 0 Å². The van der Waals surface area contributed by atoms with Crippen molar-refractivity contribution < 1.29 is 9.53 Å². The van der Waals surface area contributed by atoms with Gasteiger partial charge in [0.2, 0.25) is 0 Å². The molecule has 0 atom stereocenters. The average Bonchev–Trinajstić information content (AvgIpc) is 2.17. The molecule has 0 radical (unpaired) electrons. The first-order valence-corrected chi connectivity index (χ1v) is 5.49. The molecule has 1 aromatic rings. The molecule has 2 rings (SSSR count). The Morgan fingerprint density at radius 3 is 2.87 bits per heavy atom. The van der Waals surface area contributed by atoms with Gasteiger partial charge in [-0.3, -0.25) is 4.79 Å². The zero-order chi connectivity index (χ0) is 10.7. The molecule has 0 spiro atoms. The van der Waals surface area contributed by atoms with Crippen LogP contribution in [0.2, 0.25) is 0 Å². The molecule has 1 aliphatic carbocycles. The molecule has 0 bridgehead atoms. The van der Waals surface area contributed by atoms with E-state index in [1.165, 1.54) is 19.3 Å². The Labute approximate surface area is 90.3 Å². The van der Waals surface area contributed by atoms with Crippen LogP contribution in [0, 0.1) is 12.8 Å². The topological polar surface area (TPSA) is 26.3 Å². The van der Waals surface area contributed by atoms with Gasteiger partial charge in [-0.2, -0.15) is 0 Å². The van der Waals surface area contributed by atoms with Crippen LogP contribution in [0.5, 0.6) is 5.75 Å². The Bertz CT molecular complexity index is 354. The molecule has 1 saturated carbocycles. The number of carbonyl (C=O) groups excluding carboxylic acids is 1. The van der Waals surface area contributed by atoms with Crippen LogP contribution in [0.4, 0.5) is 0 Å². The van der Waals surface area contributed by atoms with Crippen LogP contribution in [0.1, 0.15) is 35.2 Å². The molecule has 0 aliphatic heterocycles. The zero-order valence-corrected chi connectivity index (χ0v) is 9.03. The van der Waals surface area contributed by atoms with Gasteiger partial charge in [0.05, 0.1) is 12.2 Å². The molecule has 1 aliphatic rings. The molecule has 1 fully saturated rings. The Balaban J connectivity index is 2.07. The van der Waals surface area contributed by atoms with Crippen LogP contribution in [0.15, 0.2) is 18.2 Å². The van der Waals surface area contributed by atoms with E-state index in [0.717, 1.165) is 24.2 Å².